The average Bonchev–Trinajstić information content (AvgIpc) is 3.19. The molecule has 0 radical (unpaired) electrons. The number of hydrogen-bond donors (Lipinski definition) is 0. The molecule has 0 amide bonds. The van der Waals surface area contributed by atoms with E-state index in [4.69, 9.17) is 4.99 Å². The van der Waals surface area contributed by atoms with Gasteiger partial charge in [0.1, 0.15) is 11.6 Å². The highest BCUT2D eigenvalue weighted by atomic mass is 79.9. The lowest BCUT2D eigenvalue weighted by Gasteiger charge is -2.31. The normalized spacial score (nSPS) is 18.5. The van der Waals surface area contributed by atoms with Crippen LogP contribution in [0.1, 0.15) is 42.0 Å². The molecule has 0 fully saturated rings. The van der Waals surface area contributed by atoms with E-state index in [1.807, 2.05) is 30.3 Å². The van der Waals surface area contributed by atoms with Gasteiger partial charge >= 0.3 is 0 Å². The van der Waals surface area contributed by atoms with E-state index in [2.05, 4.69) is 22.0 Å². The Hall–Kier alpha value is -3.42. The Balaban J connectivity index is 1.57. The molecule has 7 heteroatoms. The summed E-state index contributed by atoms with van der Waals surface area (Å²) in [4.78, 5) is 19.4. The van der Waals surface area contributed by atoms with E-state index in [0.717, 1.165) is 57.3 Å². The first-order valence-corrected chi connectivity index (χ1v) is 13.6. The molecular weight excluding hydrogens is 554 g/mol. The van der Waals surface area contributed by atoms with Crippen molar-refractivity contribution in [1.82, 2.24) is 4.57 Å². The van der Waals surface area contributed by atoms with E-state index in [9.17, 15) is 13.6 Å². The second-order valence-corrected chi connectivity index (χ2v) is 11.1. The number of rotatable bonds is 3. The molecule has 1 aliphatic carbocycles. The Kier molecular flexibility index (Phi) is 6.34. The molecule has 0 N–H and O–H groups in total. The van der Waals surface area contributed by atoms with Crippen LogP contribution in [0.3, 0.4) is 0 Å². The van der Waals surface area contributed by atoms with Gasteiger partial charge in [0.25, 0.3) is 5.56 Å². The number of halogens is 3. The number of fused-ring (bicyclic) bond motifs is 1. The van der Waals surface area contributed by atoms with Gasteiger partial charge < -0.3 is 0 Å². The SMILES string of the molecule is O=c1c(=Cc2cccc(Br)c2)sc2n1C(c1ccc(F)cc1)C1=C(N=2)C(=Cc2ccc(F)cc2)CCC1. The van der Waals surface area contributed by atoms with Crippen molar-refractivity contribution in [3.63, 3.8) is 0 Å². The van der Waals surface area contributed by atoms with Crippen LogP contribution in [0.15, 0.2) is 104 Å². The smallest absolute Gasteiger partial charge is 0.271 e. The van der Waals surface area contributed by atoms with Gasteiger partial charge in [-0.25, -0.2) is 13.8 Å². The molecule has 1 aromatic heterocycles. The Morgan fingerprint density at radius 3 is 2.38 bits per heavy atom. The standard InChI is InChI=1S/C30H21BrF2N2OS/c31-22-5-1-3-19(16-22)17-26-29(36)35-28(20-9-13-24(33)14-10-20)25-6-2-4-21(27(25)34-30(35)37-26)15-18-7-11-23(32)12-8-18/h1,3,5,7-17,28H,2,4,6H2. The summed E-state index contributed by atoms with van der Waals surface area (Å²) in [6, 6.07) is 20.2. The van der Waals surface area contributed by atoms with Crippen molar-refractivity contribution in [2.75, 3.05) is 0 Å². The van der Waals surface area contributed by atoms with E-state index < -0.39 is 0 Å². The van der Waals surface area contributed by atoms with Crippen LogP contribution in [0.4, 0.5) is 8.78 Å². The molecule has 4 aromatic rings. The first kappa shape index (κ1) is 23.9. The zero-order valence-electron chi connectivity index (χ0n) is 19.6. The molecule has 1 atom stereocenters. The van der Waals surface area contributed by atoms with Gasteiger partial charge in [0, 0.05) is 4.47 Å². The molecule has 0 saturated heterocycles. The molecule has 0 bridgehead atoms. The first-order valence-electron chi connectivity index (χ1n) is 12.0. The van der Waals surface area contributed by atoms with Crippen molar-refractivity contribution in [2.24, 2.45) is 4.99 Å². The highest BCUT2D eigenvalue weighted by molar-refractivity contribution is 9.10. The Labute approximate surface area is 224 Å². The highest BCUT2D eigenvalue weighted by Gasteiger charge is 2.32. The maximum absolute atomic E-state index is 13.8. The van der Waals surface area contributed by atoms with Crippen molar-refractivity contribution >= 4 is 39.4 Å². The van der Waals surface area contributed by atoms with Gasteiger partial charge in [0.2, 0.25) is 0 Å². The Morgan fingerprint density at radius 2 is 1.65 bits per heavy atom. The summed E-state index contributed by atoms with van der Waals surface area (Å²) in [6.07, 6.45) is 6.46. The lowest BCUT2D eigenvalue weighted by Crippen LogP contribution is -2.39. The summed E-state index contributed by atoms with van der Waals surface area (Å²) in [5.74, 6) is -0.596. The van der Waals surface area contributed by atoms with E-state index in [0.29, 0.717) is 9.33 Å². The average molecular weight is 575 g/mol. The summed E-state index contributed by atoms with van der Waals surface area (Å²) >= 11 is 4.85. The quantitative estimate of drug-likeness (QED) is 0.274. The second kappa shape index (κ2) is 9.80. The van der Waals surface area contributed by atoms with Crippen LogP contribution in [-0.4, -0.2) is 4.57 Å². The topological polar surface area (TPSA) is 34.4 Å². The van der Waals surface area contributed by atoms with Crippen molar-refractivity contribution in [2.45, 2.75) is 25.3 Å². The van der Waals surface area contributed by atoms with Crippen LogP contribution in [0.2, 0.25) is 0 Å². The molecule has 0 spiro atoms. The number of hydrogen-bond acceptors (Lipinski definition) is 3. The molecule has 2 heterocycles. The van der Waals surface area contributed by atoms with Gasteiger partial charge in [-0.2, -0.15) is 0 Å². The van der Waals surface area contributed by atoms with Crippen LogP contribution in [-0.2, 0) is 0 Å². The highest BCUT2D eigenvalue weighted by Crippen LogP contribution is 2.41. The summed E-state index contributed by atoms with van der Waals surface area (Å²) < 4.78 is 30.6. The number of thiazole rings is 1. The fourth-order valence-corrected chi connectivity index (χ4v) is 6.43. The van der Waals surface area contributed by atoms with E-state index in [1.165, 1.54) is 35.6 Å². The van der Waals surface area contributed by atoms with Gasteiger partial charge in [-0.15, -0.1) is 0 Å². The van der Waals surface area contributed by atoms with Gasteiger partial charge in [0.15, 0.2) is 4.80 Å². The largest absolute Gasteiger partial charge is 0.272 e. The molecule has 184 valence electrons. The number of allylic oxidation sites excluding steroid dienone is 2. The van der Waals surface area contributed by atoms with Crippen molar-refractivity contribution in [1.29, 1.82) is 0 Å². The third-order valence-electron chi connectivity index (χ3n) is 6.68. The second-order valence-electron chi connectivity index (χ2n) is 9.14. The lowest BCUT2D eigenvalue weighted by atomic mass is 9.84. The molecule has 3 nitrogen and oxygen atoms in total. The van der Waals surface area contributed by atoms with Crippen molar-refractivity contribution < 1.29 is 8.78 Å². The predicted octanol–water partition coefficient (Wildman–Crippen LogP) is 6.52. The minimum Gasteiger partial charge on any atom is -0.272 e. The molecule has 0 saturated carbocycles. The van der Waals surface area contributed by atoms with Gasteiger partial charge in [-0.05, 0) is 95.6 Å². The maximum atomic E-state index is 13.8. The van der Waals surface area contributed by atoms with Crippen LogP contribution in [0, 0.1) is 11.6 Å². The third-order valence-corrected chi connectivity index (χ3v) is 8.15. The Bertz CT molecular complexity index is 1750. The van der Waals surface area contributed by atoms with E-state index in [-0.39, 0.29) is 23.2 Å². The van der Waals surface area contributed by atoms with E-state index >= 15 is 0 Å². The molecular formula is C30H21BrF2N2OS. The summed E-state index contributed by atoms with van der Waals surface area (Å²) in [6.45, 7) is 0. The van der Waals surface area contributed by atoms with Crippen molar-refractivity contribution in [3.05, 3.63) is 142 Å². The zero-order chi connectivity index (χ0) is 25.5. The molecule has 37 heavy (non-hydrogen) atoms. The zero-order valence-corrected chi connectivity index (χ0v) is 22.0. The van der Waals surface area contributed by atoms with Crippen LogP contribution in [0.5, 0.6) is 0 Å². The fourth-order valence-electron chi connectivity index (χ4n) is 5.01. The predicted molar refractivity (Wildman–Crippen MR) is 147 cm³/mol. The lowest BCUT2D eigenvalue weighted by molar-refractivity contribution is 0.551. The molecule has 2 aliphatic rings. The summed E-state index contributed by atoms with van der Waals surface area (Å²) in [7, 11) is 0. The van der Waals surface area contributed by atoms with Crippen LogP contribution < -0.4 is 14.9 Å². The minimum absolute atomic E-state index is 0.112. The molecule has 1 aliphatic heterocycles. The van der Waals surface area contributed by atoms with Gasteiger partial charge in [0.05, 0.1) is 16.3 Å². The van der Waals surface area contributed by atoms with Crippen LogP contribution in [0.25, 0.3) is 12.2 Å². The number of benzene rings is 3. The molecule has 1 unspecified atom stereocenters. The minimum atomic E-state index is -0.367. The monoisotopic (exact) mass is 574 g/mol. The van der Waals surface area contributed by atoms with E-state index in [1.54, 1.807) is 28.8 Å². The van der Waals surface area contributed by atoms with Gasteiger partial charge in [-0.3, -0.25) is 9.36 Å². The number of aromatic nitrogens is 1. The maximum Gasteiger partial charge on any atom is 0.271 e. The third kappa shape index (κ3) is 4.69. The molecule has 6 rings (SSSR count). The molecule has 3 aromatic carbocycles. The van der Waals surface area contributed by atoms with Crippen LogP contribution >= 0.6 is 27.3 Å². The number of nitrogens with zero attached hydrogens (tertiary/aromatic N) is 2. The fraction of sp³-hybridized carbons (Fsp3) is 0.133. The summed E-state index contributed by atoms with van der Waals surface area (Å²) in [5.41, 5.74) is 5.54. The first-order chi connectivity index (χ1) is 18.0. The Morgan fingerprint density at radius 1 is 0.919 bits per heavy atom. The summed E-state index contributed by atoms with van der Waals surface area (Å²) in [5, 5.41) is 0. The van der Waals surface area contributed by atoms with Gasteiger partial charge in [-0.1, -0.05) is 63.7 Å². The van der Waals surface area contributed by atoms with Crippen molar-refractivity contribution in [3.8, 4) is 0 Å².